The van der Waals surface area contributed by atoms with Gasteiger partial charge in [0.2, 0.25) is 0 Å². The Balaban J connectivity index is 1.87. The molecule has 1 N–H and O–H groups in total. The van der Waals surface area contributed by atoms with E-state index in [1.807, 2.05) is 32.9 Å². The number of rotatable bonds is 6. The molecule has 0 saturated heterocycles. The molecule has 0 atom stereocenters. The molecule has 2 aromatic carbocycles. The second kappa shape index (κ2) is 8.49. The van der Waals surface area contributed by atoms with Crippen molar-refractivity contribution < 1.29 is 19.1 Å². The molecule has 0 bridgehead atoms. The van der Waals surface area contributed by atoms with E-state index in [2.05, 4.69) is 5.32 Å². The highest BCUT2D eigenvalue weighted by Crippen LogP contribution is 2.32. The third kappa shape index (κ3) is 4.17. The molecule has 1 aliphatic rings. The molecule has 0 unspecified atom stereocenters. The Bertz CT molecular complexity index is 1030. The minimum Gasteiger partial charge on any atom is -0.462 e. The maximum absolute atomic E-state index is 13.0. The third-order valence-electron chi connectivity index (χ3n) is 4.44. The van der Waals surface area contributed by atoms with Crippen molar-refractivity contribution in [3.05, 3.63) is 69.9 Å². The Morgan fingerprint density at radius 1 is 1.10 bits per heavy atom. The van der Waals surface area contributed by atoms with E-state index in [0.717, 1.165) is 22.4 Å². The van der Waals surface area contributed by atoms with Crippen molar-refractivity contribution in [2.45, 2.75) is 27.2 Å². The number of hydrogen-bond acceptors (Lipinski definition) is 5. The molecule has 0 spiro atoms. The van der Waals surface area contributed by atoms with Gasteiger partial charge in [-0.15, -0.1) is 0 Å². The normalized spacial score (nSPS) is 13.9. The van der Waals surface area contributed by atoms with Gasteiger partial charge in [-0.25, -0.2) is 9.69 Å². The number of benzene rings is 2. The fraction of sp³-hybridized carbons (Fsp3) is 0.227. The van der Waals surface area contributed by atoms with Crippen molar-refractivity contribution in [2.24, 2.45) is 0 Å². The number of carbonyl (C=O) groups is 3. The summed E-state index contributed by atoms with van der Waals surface area (Å²) < 4.78 is 5.13. The van der Waals surface area contributed by atoms with E-state index >= 15 is 0 Å². The van der Waals surface area contributed by atoms with Gasteiger partial charge < -0.3 is 10.1 Å². The quantitative estimate of drug-likeness (QED) is 0.565. The number of imide groups is 1. The topological polar surface area (TPSA) is 75.7 Å². The number of aryl methyl sites for hydroxylation is 2. The number of nitrogens with one attached hydrogen (secondary N) is 1. The molecular formula is C22H21ClN2O4. The first-order valence-corrected chi connectivity index (χ1v) is 9.61. The monoisotopic (exact) mass is 412 g/mol. The average molecular weight is 413 g/mol. The van der Waals surface area contributed by atoms with Crippen LogP contribution in [0.5, 0.6) is 0 Å². The Morgan fingerprint density at radius 3 is 2.59 bits per heavy atom. The summed E-state index contributed by atoms with van der Waals surface area (Å²) in [5, 5.41) is 2.68. The summed E-state index contributed by atoms with van der Waals surface area (Å²) in [7, 11) is 0. The first-order chi connectivity index (χ1) is 13.8. The van der Waals surface area contributed by atoms with E-state index in [1.54, 1.807) is 30.3 Å². The van der Waals surface area contributed by atoms with Crippen LogP contribution < -0.4 is 10.2 Å². The molecular weight excluding hydrogens is 392 g/mol. The van der Waals surface area contributed by atoms with E-state index in [4.69, 9.17) is 16.3 Å². The lowest BCUT2D eigenvalue weighted by Crippen LogP contribution is -2.33. The van der Waals surface area contributed by atoms with E-state index in [-0.39, 0.29) is 10.7 Å². The molecule has 0 radical (unpaired) electrons. The van der Waals surface area contributed by atoms with Crippen LogP contribution in [0, 0.1) is 13.8 Å². The fourth-order valence-electron chi connectivity index (χ4n) is 2.94. The van der Waals surface area contributed by atoms with Gasteiger partial charge in [0.05, 0.1) is 17.9 Å². The summed E-state index contributed by atoms with van der Waals surface area (Å²) in [5.41, 5.74) is 2.95. The van der Waals surface area contributed by atoms with Crippen molar-refractivity contribution >= 4 is 40.8 Å². The number of carbonyl (C=O) groups excluding carboxylic acids is 3. The summed E-state index contributed by atoms with van der Waals surface area (Å²) in [5.74, 6) is -1.60. The van der Waals surface area contributed by atoms with E-state index in [1.165, 1.54) is 0 Å². The predicted octanol–water partition coefficient (Wildman–Crippen LogP) is 4.31. The van der Waals surface area contributed by atoms with Gasteiger partial charge in [-0.3, -0.25) is 9.59 Å². The number of amides is 2. The second-order valence-electron chi connectivity index (χ2n) is 6.77. The predicted molar refractivity (Wildman–Crippen MR) is 112 cm³/mol. The summed E-state index contributed by atoms with van der Waals surface area (Å²) >= 11 is 6.19. The fourth-order valence-corrected chi connectivity index (χ4v) is 3.15. The highest BCUT2D eigenvalue weighted by atomic mass is 35.5. The average Bonchev–Trinajstić information content (AvgIpc) is 2.91. The lowest BCUT2D eigenvalue weighted by Gasteiger charge is -2.18. The third-order valence-corrected chi connectivity index (χ3v) is 4.79. The van der Waals surface area contributed by atoms with Crippen LogP contribution in [-0.4, -0.2) is 24.4 Å². The molecule has 1 aliphatic heterocycles. The summed E-state index contributed by atoms with van der Waals surface area (Å²) in [6, 6.07) is 12.0. The van der Waals surface area contributed by atoms with Gasteiger partial charge >= 0.3 is 5.97 Å². The number of esters is 1. The molecule has 3 rings (SSSR count). The highest BCUT2D eigenvalue weighted by Gasteiger charge is 2.39. The minimum absolute atomic E-state index is 0.0309. The maximum Gasteiger partial charge on any atom is 0.338 e. The molecule has 7 heteroatoms. The Kier molecular flexibility index (Phi) is 6.03. The second-order valence-corrected chi connectivity index (χ2v) is 7.14. The standard InChI is InChI=1S/C22H21ClN2O4/c1-4-10-29-22(28)15-6-5-7-16(12-15)24-19-18(23)20(26)25(21(19)27)17-11-13(2)8-9-14(17)3/h5-9,11-12,24H,4,10H2,1-3H3. The van der Waals surface area contributed by atoms with Crippen molar-refractivity contribution in [1.82, 2.24) is 0 Å². The Hall–Kier alpha value is -3.12. The van der Waals surface area contributed by atoms with Crippen LogP contribution in [0.1, 0.15) is 34.8 Å². The van der Waals surface area contributed by atoms with E-state index in [0.29, 0.717) is 23.5 Å². The van der Waals surface area contributed by atoms with E-state index < -0.39 is 17.8 Å². The van der Waals surface area contributed by atoms with Crippen LogP contribution in [0.4, 0.5) is 11.4 Å². The molecule has 0 fully saturated rings. The summed E-state index contributed by atoms with van der Waals surface area (Å²) in [6.45, 7) is 5.93. The first kappa shape index (κ1) is 20.6. The zero-order chi connectivity index (χ0) is 21.1. The molecule has 6 nitrogen and oxygen atoms in total. The molecule has 0 aliphatic carbocycles. The molecule has 1 heterocycles. The van der Waals surface area contributed by atoms with Crippen LogP contribution in [-0.2, 0) is 14.3 Å². The minimum atomic E-state index is -0.591. The van der Waals surface area contributed by atoms with Gasteiger partial charge in [0.1, 0.15) is 10.7 Å². The number of anilines is 2. The van der Waals surface area contributed by atoms with Crippen LogP contribution in [0.3, 0.4) is 0 Å². The van der Waals surface area contributed by atoms with Crippen molar-refractivity contribution in [3.8, 4) is 0 Å². The van der Waals surface area contributed by atoms with Crippen LogP contribution in [0.25, 0.3) is 0 Å². The van der Waals surface area contributed by atoms with Crippen LogP contribution in [0.15, 0.2) is 53.2 Å². The van der Waals surface area contributed by atoms with Gasteiger partial charge in [-0.2, -0.15) is 0 Å². The van der Waals surface area contributed by atoms with Gasteiger partial charge in [0, 0.05) is 5.69 Å². The largest absolute Gasteiger partial charge is 0.462 e. The van der Waals surface area contributed by atoms with Gasteiger partial charge in [-0.05, 0) is 55.7 Å². The Morgan fingerprint density at radius 2 is 1.86 bits per heavy atom. The lowest BCUT2D eigenvalue weighted by atomic mass is 10.1. The van der Waals surface area contributed by atoms with Gasteiger partial charge in [-0.1, -0.05) is 36.7 Å². The molecule has 2 amide bonds. The molecule has 150 valence electrons. The van der Waals surface area contributed by atoms with Gasteiger partial charge in [0.15, 0.2) is 0 Å². The molecule has 29 heavy (non-hydrogen) atoms. The summed E-state index contributed by atoms with van der Waals surface area (Å²) in [6.07, 6.45) is 0.719. The number of nitrogens with zero attached hydrogens (tertiary/aromatic N) is 1. The number of ether oxygens (including phenoxy) is 1. The van der Waals surface area contributed by atoms with Crippen LogP contribution in [0.2, 0.25) is 0 Å². The first-order valence-electron chi connectivity index (χ1n) is 9.23. The van der Waals surface area contributed by atoms with Crippen molar-refractivity contribution in [1.29, 1.82) is 0 Å². The van der Waals surface area contributed by atoms with E-state index in [9.17, 15) is 14.4 Å². The molecule has 0 aromatic heterocycles. The smallest absolute Gasteiger partial charge is 0.338 e. The lowest BCUT2D eigenvalue weighted by molar-refractivity contribution is -0.120. The van der Waals surface area contributed by atoms with Crippen molar-refractivity contribution in [2.75, 3.05) is 16.8 Å². The highest BCUT2D eigenvalue weighted by molar-refractivity contribution is 6.53. The Labute approximate surface area is 174 Å². The van der Waals surface area contributed by atoms with Crippen LogP contribution >= 0.6 is 11.6 Å². The number of halogens is 1. The SMILES string of the molecule is CCCOC(=O)c1cccc(NC2=C(Cl)C(=O)N(c3cc(C)ccc3C)C2=O)c1. The molecule has 0 saturated carbocycles. The van der Waals surface area contributed by atoms with Crippen molar-refractivity contribution in [3.63, 3.8) is 0 Å². The zero-order valence-electron chi connectivity index (χ0n) is 16.4. The molecule has 2 aromatic rings. The summed E-state index contributed by atoms with van der Waals surface area (Å²) in [4.78, 5) is 38.8. The maximum atomic E-state index is 13.0. The zero-order valence-corrected chi connectivity index (χ0v) is 17.2. The number of hydrogen-bond donors (Lipinski definition) is 1. The van der Waals surface area contributed by atoms with Gasteiger partial charge in [0.25, 0.3) is 11.8 Å².